The smallest absolute Gasteiger partial charge is 0.140 e. The maximum Gasteiger partial charge on any atom is 0.140 e. The van der Waals surface area contributed by atoms with E-state index in [1.165, 1.54) is 0 Å². The molecule has 2 atom stereocenters. The van der Waals surface area contributed by atoms with Gasteiger partial charge in [0.1, 0.15) is 11.9 Å². The van der Waals surface area contributed by atoms with Crippen LogP contribution in [0.5, 0.6) is 0 Å². The van der Waals surface area contributed by atoms with Crippen molar-refractivity contribution in [3.05, 3.63) is 12.3 Å². The lowest BCUT2D eigenvalue weighted by Crippen LogP contribution is -2.18. The van der Waals surface area contributed by atoms with Crippen LogP contribution in [0, 0.1) is 5.92 Å². The first-order valence-corrected chi connectivity index (χ1v) is 3.04. The van der Waals surface area contributed by atoms with Gasteiger partial charge in [0.2, 0.25) is 0 Å². The molecule has 0 bridgehead atoms. The van der Waals surface area contributed by atoms with Gasteiger partial charge in [-0.2, -0.15) is 0 Å². The lowest BCUT2D eigenvalue weighted by Gasteiger charge is -2.08. The first kappa shape index (κ1) is 6.33. The van der Waals surface area contributed by atoms with E-state index >= 15 is 0 Å². The van der Waals surface area contributed by atoms with Gasteiger partial charge in [0.15, 0.2) is 0 Å². The van der Waals surface area contributed by atoms with Crippen molar-refractivity contribution in [1.82, 2.24) is 0 Å². The molecule has 0 saturated heterocycles. The standard InChI is InChI=1S/C7H10O2/c1-5(8)7-3-4-9-6(7)2/h3-4,6-7H,1-2H3. The van der Waals surface area contributed by atoms with Crippen molar-refractivity contribution in [3.8, 4) is 0 Å². The number of Topliss-reactive ketones (excluding diaryl/α,β-unsaturated/α-hetero) is 1. The Morgan fingerprint density at radius 1 is 1.67 bits per heavy atom. The lowest BCUT2D eigenvalue weighted by molar-refractivity contribution is -0.121. The molecule has 0 N–H and O–H groups in total. The zero-order valence-corrected chi connectivity index (χ0v) is 5.63. The lowest BCUT2D eigenvalue weighted by atomic mass is 10.0. The minimum Gasteiger partial charge on any atom is -0.498 e. The predicted molar refractivity (Wildman–Crippen MR) is 33.9 cm³/mol. The SMILES string of the molecule is CC(=O)C1C=COC1C. The van der Waals surface area contributed by atoms with Gasteiger partial charge >= 0.3 is 0 Å². The molecule has 2 heteroatoms. The van der Waals surface area contributed by atoms with Crippen molar-refractivity contribution in [1.29, 1.82) is 0 Å². The second kappa shape index (κ2) is 2.21. The molecule has 0 aliphatic carbocycles. The molecule has 0 saturated carbocycles. The van der Waals surface area contributed by atoms with Gasteiger partial charge in [-0.15, -0.1) is 0 Å². The fraction of sp³-hybridized carbons (Fsp3) is 0.571. The monoisotopic (exact) mass is 126 g/mol. The Balaban J connectivity index is 2.59. The van der Waals surface area contributed by atoms with E-state index in [2.05, 4.69) is 0 Å². The van der Waals surface area contributed by atoms with E-state index in [1.807, 2.05) is 6.92 Å². The summed E-state index contributed by atoms with van der Waals surface area (Å²) in [5.74, 6) is 0.168. The molecule has 0 aromatic heterocycles. The van der Waals surface area contributed by atoms with Gasteiger partial charge in [0.05, 0.1) is 12.2 Å². The number of carbonyl (C=O) groups is 1. The third-order valence-corrected chi connectivity index (χ3v) is 1.55. The number of carbonyl (C=O) groups excluding carboxylic acids is 1. The van der Waals surface area contributed by atoms with Crippen LogP contribution in [0.25, 0.3) is 0 Å². The zero-order valence-electron chi connectivity index (χ0n) is 5.63. The number of ketones is 1. The molecular formula is C7H10O2. The van der Waals surface area contributed by atoms with Crippen LogP contribution >= 0.6 is 0 Å². The van der Waals surface area contributed by atoms with Crippen LogP contribution in [0.4, 0.5) is 0 Å². The molecule has 0 amide bonds. The van der Waals surface area contributed by atoms with Crippen molar-refractivity contribution in [3.63, 3.8) is 0 Å². The van der Waals surface area contributed by atoms with E-state index in [4.69, 9.17) is 4.74 Å². The largest absolute Gasteiger partial charge is 0.498 e. The Hall–Kier alpha value is -0.790. The van der Waals surface area contributed by atoms with E-state index in [9.17, 15) is 4.79 Å². The molecule has 1 heterocycles. The predicted octanol–water partition coefficient (Wildman–Crippen LogP) is 1.12. The molecule has 2 nitrogen and oxygen atoms in total. The molecular weight excluding hydrogens is 116 g/mol. The Kier molecular flexibility index (Phi) is 1.56. The van der Waals surface area contributed by atoms with Gasteiger partial charge in [-0.05, 0) is 19.9 Å². The minimum absolute atomic E-state index is 0.00926. The summed E-state index contributed by atoms with van der Waals surface area (Å²) in [6, 6.07) is 0. The summed E-state index contributed by atoms with van der Waals surface area (Å²) in [5.41, 5.74) is 0. The molecule has 0 spiro atoms. The van der Waals surface area contributed by atoms with E-state index < -0.39 is 0 Å². The van der Waals surface area contributed by atoms with E-state index in [-0.39, 0.29) is 17.8 Å². The number of hydrogen-bond donors (Lipinski definition) is 0. The molecule has 1 aliphatic rings. The highest BCUT2D eigenvalue weighted by Gasteiger charge is 2.23. The van der Waals surface area contributed by atoms with Crippen LogP contribution in [-0.2, 0) is 9.53 Å². The van der Waals surface area contributed by atoms with Gasteiger partial charge in [-0.3, -0.25) is 4.79 Å². The molecule has 0 fully saturated rings. The van der Waals surface area contributed by atoms with Crippen molar-refractivity contribution < 1.29 is 9.53 Å². The summed E-state index contributed by atoms with van der Waals surface area (Å²) >= 11 is 0. The highest BCUT2D eigenvalue weighted by atomic mass is 16.5. The third-order valence-electron chi connectivity index (χ3n) is 1.55. The van der Waals surface area contributed by atoms with Crippen LogP contribution < -0.4 is 0 Å². The molecule has 1 aliphatic heterocycles. The van der Waals surface area contributed by atoms with E-state index in [0.29, 0.717) is 0 Å². The Morgan fingerprint density at radius 3 is 2.56 bits per heavy atom. The molecule has 50 valence electrons. The summed E-state index contributed by atoms with van der Waals surface area (Å²) in [6.07, 6.45) is 3.44. The van der Waals surface area contributed by atoms with Crippen molar-refractivity contribution >= 4 is 5.78 Å². The number of rotatable bonds is 1. The number of ether oxygens (including phenoxy) is 1. The summed E-state index contributed by atoms with van der Waals surface area (Å²) in [6.45, 7) is 3.48. The summed E-state index contributed by atoms with van der Waals surface area (Å²) in [4.78, 5) is 10.7. The molecule has 2 unspecified atom stereocenters. The minimum atomic E-state index is -0.00926. The summed E-state index contributed by atoms with van der Waals surface area (Å²) in [7, 11) is 0. The average molecular weight is 126 g/mol. The van der Waals surface area contributed by atoms with Crippen LogP contribution in [0.1, 0.15) is 13.8 Å². The first-order chi connectivity index (χ1) is 4.22. The topological polar surface area (TPSA) is 26.3 Å². The fourth-order valence-electron chi connectivity index (χ4n) is 0.961. The van der Waals surface area contributed by atoms with Crippen molar-refractivity contribution in [2.24, 2.45) is 5.92 Å². The first-order valence-electron chi connectivity index (χ1n) is 3.04. The summed E-state index contributed by atoms with van der Waals surface area (Å²) < 4.78 is 5.03. The Labute approximate surface area is 54.5 Å². The van der Waals surface area contributed by atoms with Gasteiger partial charge in [0, 0.05) is 0 Å². The highest BCUT2D eigenvalue weighted by molar-refractivity contribution is 5.80. The maximum atomic E-state index is 10.7. The molecule has 0 aromatic rings. The normalized spacial score (nSPS) is 32.2. The maximum absolute atomic E-state index is 10.7. The zero-order chi connectivity index (χ0) is 6.85. The second-order valence-electron chi connectivity index (χ2n) is 2.31. The molecule has 1 rings (SSSR count). The Bertz CT molecular complexity index is 149. The third kappa shape index (κ3) is 1.12. The quantitative estimate of drug-likeness (QED) is 0.526. The highest BCUT2D eigenvalue weighted by Crippen LogP contribution is 2.17. The van der Waals surface area contributed by atoms with Crippen molar-refractivity contribution in [2.45, 2.75) is 20.0 Å². The van der Waals surface area contributed by atoms with Crippen molar-refractivity contribution in [2.75, 3.05) is 0 Å². The van der Waals surface area contributed by atoms with Crippen LogP contribution in [0.3, 0.4) is 0 Å². The van der Waals surface area contributed by atoms with Crippen LogP contribution in [-0.4, -0.2) is 11.9 Å². The molecule has 9 heavy (non-hydrogen) atoms. The van der Waals surface area contributed by atoms with Crippen LogP contribution in [0.15, 0.2) is 12.3 Å². The van der Waals surface area contributed by atoms with Gasteiger partial charge in [0.25, 0.3) is 0 Å². The van der Waals surface area contributed by atoms with Crippen LogP contribution in [0.2, 0.25) is 0 Å². The fourth-order valence-corrected chi connectivity index (χ4v) is 0.961. The van der Waals surface area contributed by atoms with Gasteiger partial charge in [-0.1, -0.05) is 0 Å². The van der Waals surface area contributed by atoms with E-state index in [0.717, 1.165) is 0 Å². The molecule has 0 aromatic carbocycles. The average Bonchev–Trinajstić information content (AvgIpc) is 2.13. The van der Waals surface area contributed by atoms with Gasteiger partial charge < -0.3 is 4.74 Å². The molecule has 0 radical (unpaired) electrons. The number of hydrogen-bond acceptors (Lipinski definition) is 2. The van der Waals surface area contributed by atoms with E-state index in [1.54, 1.807) is 19.3 Å². The summed E-state index contributed by atoms with van der Waals surface area (Å²) in [5, 5.41) is 0. The van der Waals surface area contributed by atoms with Gasteiger partial charge in [-0.25, -0.2) is 0 Å². The second-order valence-corrected chi connectivity index (χ2v) is 2.31. The Morgan fingerprint density at radius 2 is 2.33 bits per heavy atom.